The Hall–Kier alpha value is -3.92. The van der Waals surface area contributed by atoms with Crippen LogP contribution < -0.4 is 21.3 Å². The Balaban J connectivity index is 1.51. The summed E-state index contributed by atoms with van der Waals surface area (Å²) in [5, 5.41) is 23.5. The maximum Gasteiger partial charge on any atom is 0.329 e. The Morgan fingerprint density at radius 1 is 1.12 bits per heavy atom. The van der Waals surface area contributed by atoms with Gasteiger partial charge >= 0.3 is 11.7 Å². The molecule has 0 radical (unpaired) electrons. The summed E-state index contributed by atoms with van der Waals surface area (Å²) >= 11 is 5.89. The molecule has 0 aliphatic rings. The van der Waals surface area contributed by atoms with Gasteiger partial charge in [0.1, 0.15) is 6.20 Å². The summed E-state index contributed by atoms with van der Waals surface area (Å²) in [5.41, 5.74) is 1.19. The fourth-order valence-electron chi connectivity index (χ4n) is 2.86. The minimum atomic E-state index is -0.533. The van der Waals surface area contributed by atoms with Gasteiger partial charge in [0.15, 0.2) is 0 Å². The third-order valence-corrected chi connectivity index (χ3v) is 4.89. The number of nitrogens with zero attached hydrogens (tertiary/aromatic N) is 3. The van der Waals surface area contributed by atoms with E-state index in [4.69, 9.17) is 11.6 Å². The van der Waals surface area contributed by atoms with Crippen LogP contribution in [0.1, 0.15) is 13.3 Å². The molecule has 2 aromatic carbocycles. The summed E-state index contributed by atoms with van der Waals surface area (Å²) in [4.78, 5) is 31.1. The molecule has 0 aliphatic carbocycles. The second-order valence-corrected chi connectivity index (χ2v) is 7.77. The summed E-state index contributed by atoms with van der Waals surface area (Å²) in [6.07, 6.45) is 1.83. The van der Waals surface area contributed by atoms with E-state index in [1.165, 1.54) is 0 Å². The number of nitrogens with one attached hydrogen (secondary N) is 4. The van der Waals surface area contributed by atoms with E-state index in [1.54, 1.807) is 36.4 Å². The van der Waals surface area contributed by atoms with E-state index in [-0.39, 0.29) is 29.4 Å². The number of rotatable bonds is 10. The molecular weight excluding hydrogens is 446 g/mol. The first-order chi connectivity index (χ1) is 15.9. The largest absolute Gasteiger partial charge is 0.364 e. The van der Waals surface area contributed by atoms with E-state index in [0.29, 0.717) is 35.9 Å². The van der Waals surface area contributed by atoms with Crippen LogP contribution >= 0.6 is 11.6 Å². The van der Waals surface area contributed by atoms with E-state index in [2.05, 4.69) is 31.2 Å². The fraction of sp³-hybridized carbons (Fsp3) is 0.227. The second-order valence-electron chi connectivity index (χ2n) is 7.34. The Morgan fingerprint density at radius 2 is 1.85 bits per heavy atom. The Kier molecular flexibility index (Phi) is 8.36. The van der Waals surface area contributed by atoms with Gasteiger partial charge in [0.05, 0.1) is 4.92 Å². The lowest BCUT2D eigenvalue weighted by molar-refractivity contribution is -0.384. The van der Waals surface area contributed by atoms with Crippen molar-refractivity contribution in [2.24, 2.45) is 5.92 Å². The van der Waals surface area contributed by atoms with Gasteiger partial charge in [0, 0.05) is 29.5 Å². The quantitative estimate of drug-likeness (QED) is 0.241. The molecule has 172 valence electrons. The number of aromatic nitrogens is 2. The van der Waals surface area contributed by atoms with Crippen molar-refractivity contribution < 1.29 is 9.72 Å². The van der Waals surface area contributed by atoms with Crippen molar-refractivity contribution in [3.63, 3.8) is 0 Å². The molecule has 1 heterocycles. The topological polar surface area (TPSA) is 134 Å². The van der Waals surface area contributed by atoms with Gasteiger partial charge in [-0.25, -0.2) is 9.78 Å². The number of urea groups is 1. The van der Waals surface area contributed by atoms with Gasteiger partial charge in [-0.2, -0.15) is 4.98 Å². The van der Waals surface area contributed by atoms with Gasteiger partial charge in [0.2, 0.25) is 11.8 Å². The van der Waals surface area contributed by atoms with Crippen molar-refractivity contribution in [3.05, 3.63) is 75.9 Å². The Bertz CT molecular complexity index is 1080. The summed E-state index contributed by atoms with van der Waals surface area (Å²) in [6.45, 7) is 2.86. The number of para-hydroxylation sites is 1. The molecule has 1 aromatic heterocycles. The molecule has 0 saturated heterocycles. The number of hydrogen-bond acceptors (Lipinski definition) is 7. The predicted molar refractivity (Wildman–Crippen MR) is 129 cm³/mol. The van der Waals surface area contributed by atoms with Crippen LogP contribution in [0, 0.1) is 16.0 Å². The van der Waals surface area contributed by atoms with Crippen molar-refractivity contribution in [1.82, 2.24) is 15.3 Å². The van der Waals surface area contributed by atoms with Crippen LogP contribution in [0.5, 0.6) is 0 Å². The lowest BCUT2D eigenvalue weighted by Crippen LogP contribution is -2.31. The molecule has 4 N–H and O–H groups in total. The maximum absolute atomic E-state index is 12.0. The minimum Gasteiger partial charge on any atom is -0.364 e. The highest BCUT2D eigenvalue weighted by atomic mass is 35.5. The predicted octanol–water partition coefficient (Wildman–Crippen LogP) is 5.04. The highest BCUT2D eigenvalue weighted by Crippen LogP contribution is 2.24. The van der Waals surface area contributed by atoms with Gasteiger partial charge in [-0.05, 0) is 48.7 Å². The molecule has 2 amide bonds. The average Bonchev–Trinajstić information content (AvgIpc) is 2.80. The van der Waals surface area contributed by atoms with Crippen LogP contribution in [-0.4, -0.2) is 34.0 Å². The van der Waals surface area contributed by atoms with Gasteiger partial charge in [-0.15, -0.1) is 0 Å². The summed E-state index contributed by atoms with van der Waals surface area (Å²) in [7, 11) is 0. The summed E-state index contributed by atoms with van der Waals surface area (Å²) < 4.78 is 0. The van der Waals surface area contributed by atoms with Crippen LogP contribution in [0.15, 0.2) is 60.8 Å². The van der Waals surface area contributed by atoms with Gasteiger partial charge in [-0.1, -0.05) is 36.7 Å². The normalized spacial score (nSPS) is 11.3. The monoisotopic (exact) mass is 469 g/mol. The maximum atomic E-state index is 12.0. The first-order valence-electron chi connectivity index (χ1n) is 10.3. The lowest BCUT2D eigenvalue weighted by atomic mass is 10.1. The third-order valence-electron chi connectivity index (χ3n) is 4.64. The Labute approximate surface area is 195 Å². The molecule has 11 heteroatoms. The van der Waals surface area contributed by atoms with Crippen molar-refractivity contribution >= 4 is 46.5 Å². The Morgan fingerprint density at radius 3 is 2.55 bits per heavy atom. The molecule has 0 saturated carbocycles. The van der Waals surface area contributed by atoms with Crippen LogP contribution in [0.25, 0.3) is 0 Å². The van der Waals surface area contributed by atoms with Gasteiger partial charge in [0.25, 0.3) is 0 Å². The highest BCUT2D eigenvalue weighted by Gasteiger charge is 2.18. The van der Waals surface area contributed by atoms with E-state index in [9.17, 15) is 14.9 Å². The molecule has 0 spiro atoms. The zero-order chi connectivity index (χ0) is 23.6. The molecule has 1 atom stereocenters. The molecule has 1 unspecified atom stereocenters. The summed E-state index contributed by atoms with van der Waals surface area (Å²) in [6, 6.07) is 15.8. The summed E-state index contributed by atoms with van der Waals surface area (Å²) in [5.74, 6) is 0.453. The van der Waals surface area contributed by atoms with Crippen LogP contribution in [-0.2, 0) is 0 Å². The number of amides is 2. The number of halogens is 1. The number of carbonyl (C=O) groups excluding carboxylic acids is 1. The molecule has 0 fully saturated rings. The van der Waals surface area contributed by atoms with E-state index in [0.717, 1.165) is 6.20 Å². The molecule has 0 bridgehead atoms. The van der Waals surface area contributed by atoms with Crippen LogP contribution in [0.4, 0.5) is 33.6 Å². The molecule has 3 aromatic rings. The number of hydrogen-bond donors (Lipinski definition) is 4. The smallest absolute Gasteiger partial charge is 0.329 e. The minimum absolute atomic E-state index is 0.115. The molecule has 3 rings (SSSR count). The standard InChI is InChI=1S/C22H24ClN7O3/c1-15(11-12-24-22(31)28-17-5-3-2-4-6-17)13-25-20-19(30(32)33)14-26-21(29-20)27-18-9-7-16(23)8-10-18/h2-10,14-15H,11-13H2,1H3,(H2,24,28,31)(H2,25,26,27,29). The number of nitro groups is 1. The average molecular weight is 470 g/mol. The SMILES string of the molecule is CC(CCNC(=O)Nc1ccccc1)CNc1nc(Nc2ccc(Cl)cc2)ncc1[N+](=O)[O-]. The zero-order valence-electron chi connectivity index (χ0n) is 17.9. The second kappa shape index (κ2) is 11.6. The van der Waals surface area contributed by atoms with Crippen molar-refractivity contribution in [2.75, 3.05) is 29.0 Å². The molecule has 10 nitrogen and oxygen atoms in total. The molecule has 33 heavy (non-hydrogen) atoms. The van der Waals surface area contributed by atoms with Gasteiger partial charge < -0.3 is 21.3 Å². The van der Waals surface area contributed by atoms with Crippen molar-refractivity contribution in [1.29, 1.82) is 0 Å². The first-order valence-corrected chi connectivity index (χ1v) is 10.7. The van der Waals surface area contributed by atoms with Crippen LogP contribution in [0.2, 0.25) is 5.02 Å². The van der Waals surface area contributed by atoms with E-state index >= 15 is 0 Å². The van der Waals surface area contributed by atoms with E-state index in [1.807, 2.05) is 25.1 Å². The lowest BCUT2D eigenvalue weighted by Gasteiger charge is -2.14. The molecule has 0 aliphatic heterocycles. The van der Waals surface area contributed by atoms with E-state index < -0.39 is 4.92 Å². The zero-order valence-corrected chi connectivity index (χ0v) is 18.7. The number of carbonyl (C=O) groups is 1. The van der Waals surface area contributed by atoms with Gasteiger partial charge in [-0.3, -0.25) is 10.1 Å². The van der Waals surface area contributed by atoms with Crippen molar-refractivity contribution in [3.8, 4) is 0 Å². The highest BCUT2D eigenvalue weighted by molar-refractivity contribution is 6.30. The number of anilines is 4. The first kappa shape index (κ1) is 23.7. The fourth-order valence-corrected chi connectivity index (χ4v) is 2.99. The van der Waals surface area contributed by atoms with Crippen LogP contribution in [0.3, 0.4) is 0 Å². The third kappa shape index (κ3) is 7.62. The number of benzene rings is 2. The molecular formula is C22H24ClN7O3. The van der Waals surface area contributed by atoms with Crippen molar-refractivity contribution in [2.45, 2.75) is 13.3 Å².